The molecular weight excluding hydrogens is 502 g/mol. The lowest BCUT2D eigenvalue weighted by atomic mass is 9.79. The number of carbonyl (C=O) groups excluding carboxylic acids is 1. The lowest BCUT2D eigenvalue weighted by Crippen LogP contribution is -2.65. The maximum atomic E-state index is 12.7. The van der Waals surface area contributed by atoms with E-state index in [0.717, 1.165) is 12.8 Å². The van der Waals surface area contributed by atoms with Crippen LogP contribution < -0.4 is 16.8 Å². The van der Waals surface area contributed by atoms with Crippen molar-refractivity contribution in [3.8, 4) is 0 Å². The fraction of sp³-hybridized carbons (Fsp3) is 0.960. The quantitative estimate of drug-likeness (QED) is 0.152. The Morgan fingerprint density at radius 1 is 1.16 bits per heavy atom. The van der Waals surface area contributed by atoms with Gasteiger partial charge in [0.05, 0.1) is 49.1 Å². The van der Waals surface area contributed by atoms with E-state index in [4.69, 9.17) is 30.4 Å². The predicted molar refractivity (Wildman–Crippen MR) is 134 cm³/mol. The summed E-state index contributed by atoms with van der Waals surface area (Å²) in [5, 5.41) is 54.8. The molecule has 2 aliphatic heterocycles. The Balaban J connectivity index is 1.81. The summed E-state index contributed by atoms with van der Waals surface area (Å²) >= 11 is 0. The average molecular weight is 550 g/mol. The second kappa shape index (κ2) is 13.1. The number of carbonyl (C=O) groups is 1. The number of hydrogen-bond donors (Lipinski definition) is 8. The van der Waals surface area contributed by atoms with Crippen molar-refractivity contribution in [1.29, 1.82) is 0 Å². The van der Waals surface area contributed by atoms with Crippen molar-refractivity contribution in [2.24, 2.45) is 23.3 Å². The Labute approximate surface area is 223 Å². The van der Waals surface area contributed by atoms with Crippen LogP contribution in [0.3, 0.4) is 0 Å². The van der Waals surface area contributed by atoms with Crippen LogP contribution in [-0.4, -0.2) is 118 Å². The number of aliphatic hydroxyl groups excluding tert-OH is 4. The van der Waals surface area contributed by atoms with Gasteiger partial charge in [-0.15, -0.1) is 0 Å². The van der Waals surface area contributed by atoms with Crippen molar-refractivity contribution in [3.05, 3.63) is 0 Å². The number of rotatable bonds is 9. The number of hydrogen-bond acceptors (Lipinski definition) is 12. The van der Waals surface area contributed by atoms with Gasteiger partial charge in [-0.2, -0.15) is 0 Å². The molecule has 10 N–H and O–H groups in total. The van der Waals surface area contributed by atoms with Crippen molar-refractivity contribution in [3.63, 3.8) is 0 Å². The number of nitrogens with two attached hydrogens (primary N) is 2. The van der Waals surface area contributed by atoms with Crippen LogP contribution in [0.25, 0.3) is 0 Å². The standard InChI is InChI=1S/C25H47N3O10/c1-5-13-6-7-14(26)23(36-13)37-20-11(2)8-16(28-22(33)18(31)15(27)9-29)21(19(20)32)38-24-17(30)12(3)25(4,34)10-35-24/h11-21,23-24,29-32,34H,5-10,26-27H2,1-4H3,(H,28,33)/t11-,12+,13+,14?,15+,16+,17?,18-,19?,20?,21?,23+,24+,25?/m0/s1. The van der Waals surface area contributed by atoms with E-state index < -0.39 is 79.2 Å². The summed E-state index contributed by atoms with van der Waals surface area (Å²) in [6, 6.07) is -2.40. The van der Waals surface area contributed by atoms with Gasteiger partial charge in [0, 0.05) is 5.92 Å². The molecule has 2 heterocycles. The highest BCUT2D eigenvalue weighted by atomic mass is 16.7. The summed E-state index contributed by atoms with van der Waals surface area (Å²) in [5.74, 6) is -1.74. The molecule has 1 amide bonds. The maximum Gasteiger partial charge on any atom is 0.250 e. The molecule has 14 atom stereocenters. The van der Waals surface area contributed by atoms with E-state index in [1.54, 1.807) is 13.8 Å². The number of ether oxygens (including phenoxy) is 4. The van der Waals surface area contributed by atoms with Crippen LogP contribution in [0.1, 0.15) is 53.4 Å². The molecule has 0 aromatic heterocycles. The second-order valence-corrected chi connectivity index (χ2v) is 11.4. The maximum absolute atomic E-state index is 12.7. The Kier molecular flexibility index (Phi) is 10.9. The molecular formula is C25H47N3O10. The lowest BCUT2D eigenvalue weighted by Gasteiger charge is -2.49. The number of amides is 1. The highest BCUT2D eigenvalue weighted by Crippen LogP contribution is 2.36. The molecule has 0 aromatic rings. The van der Waals surface area contributed by atoms with Crippen LogP contribution in [0.2, 0.25) is 0 Å². The van der Waals surface area contributed by atoms with E-state index >= 15 is 0 Å². The molecule has 3 aliphatic rings. The topological polar surface area (TPSA) is 219 Å². The van der Waals surface area contributed by atoms with E-state index in [-0.39, 0.29) is 31.1 Å². The summed E-state index contributed by atoms with van der Waals surface area (Å²) in [5.41, 5.74) is 10.6. The van der Waals surface area contributed by atoms with E-state index in [1.807, 2.05) is 13.8 Å². The Morgan fingerprint density at radius 2 is 1.82 bits per heavy atom. The van der Waals surface area contributed by atoms with Crippen LogP contribution >= 0.6 is 0 Å². The SMILES string of the molecule is CC[C@@H]1CCC(N)[C@@H](OC2C(O)C(O[C@H]3OCC(C)(O)[C@H](C)C3O)[C@H](NC(=O)[C@@H](O)[C@H](N)CO)C[C@@H]2C)O1. The second-order valence-electron chi connectivity index (χ2n) is 11.4. The van der Waals surface area contributed by atoms with Gasteiger partial charge in [-0.25, -0.2) is 0 Å². The fourth-order valence-electron chi connectivity index (χ4n) is 5.34. The summed E-state index contributed by atoms with van der Waals surface area (Å²) in [6.45, 7) is 6.35. The summed E-state index contributed by atoms with van der Waals surface area (Å²) < 4.78 is 23.9. The van der Waals surface area contributed by atoms with Gasteiger partial charge in [-0.1, -0.05) is 20.8 Å². The first-order valence-corrected chi connectivity index (χ1v) is 13.6. The first-order valence-electron chi connectivity index (χ1n) is 13.6. The fourth-order valence-corrected chi connectivity index (χ4v) is 5.34. The molecule has 1 aliphatic carbocycles. The Bertz CT molecular complexity index is 776. The van der Waals surface area contributed by atoms with Crippen molar-refractivity contribution in [2.45, 2.75) is 126 Å². The summed E-state index contributed by atoms with van der Waals surface area (Å²) in [6.07, 6.45) is -5.49. The minimum absolute atomic E-state index is 0.00721. The zero-order chi connectivity index (χ0) is 28.4. The molecule has 0 radical (unpaired) electrons. The van der Waals surface area contributed by atoms with E-state index in [2.05, 4.69) is 5.32 Å². The van der Waals surface area contributed by atoms with Crippen molar-refractivity contribution in [2.75, 3.05) is 13.2 Å². The van der Waals surface area contributed by atoms with Gasteiger partial charge in [-0.05, 0) is 38.5 Å². The minimum Gasteiger partial charge on any atom is -0.395 e. The minimum atomic E-state index is -1.69. The molecule has 0 spiro atoms. The molecule has 13 nitrogen and oxygen atoms in total. The van der Waals surface area contributed by atoms with Gasteiger partial charge in [0.25, 0.3) is 5.91 Å². The summed E-state index contributed by atoms with van der Waals surface area (Å²) in [7, 11) is 0. The third kappa shape index (κ3) is 7.02. The predicted octanol–water partition coefficient (Wildman–Crippen LogP) is -2.33. The van der Waals surface area contributed by atoms with Gasteiger partial charge in [0.1, 0.15) is 24.4 Å². The molecule has 38 heavy (non-hydrogen) atoms. The third-order valence-corrected chi connectivity index (χ3v) is 8.32. The molecule has 6 unspecified atom stereocenters. The first-order chi connectivity index (χ1) is 17.8. The molecule has 2 saturated heterocycles. The molecule has 1 saturated carbocycles. The van der Waals surface area contributed by atoms with E-state index in [1.165, 1.54) is 0 Å². The Hall–Kier alpha value is -0.970. The third-order valence-electron chi connectivity index (χ3n) is 8.32. The molecule has 222 valence electrons. The highest BCUT2D eigenvalue weighted by Gasteiger charge is 2.51. The monoisotopic (exact) mass is 549 g/mol. The number of aliphatic hydroxyl groups is 5. The van der Waals surface area contributed by atoms with Gasteiger partial charge in [0.15, 0.2) is 12.6 Å². The van der Waals surface area contributed by atoms with Gasteiger partial charge >= 0.3 is 0 Å². The molecule has 0 bridgehead atoms. The smallest absolute Gasteiger partial charge is 0.250 e. The first kappa shape index (κ1) is 31.6. The highest BCUT2D eigenvalue weighted by molar-refractivity contribution is 5.81. The van der Waals surface area contributed by atoms with Crippen LogP contribution in [0.5, 0.6) is 0 Å². The van der Waals surface area contributed by atoms with Crippen LogP contribution in [0.15, 0.2) is 0 Å². The molecule has 3 rings (SSSR count). The van der Waals surface area contributed by atoms with E-state index in [0.29, 0.717) is 6.42 Å². The largest absolute Gasteiger partial charge is 0.395 e. The normalized spacial score (nSPS) is 45.8. The molecule has 13 heteroatoms. The van der Waals surface area contributed by atoms with Crippen LogP contribution in [0, 0.1) is 11.8 Å². The lowest BCUT2D eigenvalue weighted by molar-refractivity contribution is -0.316. The molecule has 0 aromatic carbocycles. The summed E-state index contributed by atoms with van der Waals surface area (Å²) in [4.78, 5) is 12.7. The van der Waals surface area contributed by atoms with Crippen molar-refractivity contribution >= 4 is 5.91 Å². The zero-order valence-electron chi connectivity index (χ0n) is 22.7. The van der Waals surface area contributed by atoms with Gasteiger partial charge in [-0.3, -0.25) is 4.79 Å². The van der Waals surface area contributed by atoms with Crippen molar-refractivity contribution in [1.82, 2.24) is 5.32 Å². The number of nitrogens with one attached hydrogen (secondary N) is 1. The van der Waals surface area contributed by atoms with Crippen molar-refractivity contribution < 1.29 is 49.3 Å². The average Bonchev–Trinajstić information content (AvgIpc) is 2.88. The van der Waals surface area contributed by atoms with E-state index in [9.17, 15) is 30.3 Å². The van der Waals surface area contributed by atoms with Crippen LogP contribution in [-0.2, 0) is 23.7 Å². The molecule has 3 fully saturated rings. The van der Waals surface area contributed by atoms with Crippen LogP contribution in [0.4, 0.5) is 0 Å². The van der Waals surface area contributed by atoms with Gasteiger partial charge in [0.2, 0.25) is 0 Å². The Morgan fingerprint density at radius 3 is 2.45 bits per heavy atom. The zero-order valence-corrected chi connectivity index (χ0v) is 22.7. The van der Waals surface area contributed by atoms with Gasteiger partial charge < -0.3 is 61.3 Å².